The highest BCUT2D eigenvalue weighted by molar-refractivity contribution is 5.76. The predicted molar refractivity (Wildman–Crippen MR) is 89.0 cm³/mol. The van der Waals surface area contributed by atoms with Crippen molar-refractivity contribution in [2.75, 3.05) is 0 Å². The van der Waals surface area contributed by atoms with E-state index in [0.717, 1.165) is 17.5 Å². The summed E-state index contributed by atoms with van der Waals surface area (Å²) in [5.74, 6) is 0.353. The zero-order valence-electron chi connectivity index (χ0n) is 13.7. The van der Waals surface area contributed by atoms with E-state index in [1.54, 1.807) is 0 Å². The SMILES string of the molecule is CC[C@H](C)NC(=O)CCc1nnc(-c2ccc(C)cc2)[nH]c1=O. The molecule has 0 bridgehead atoms. The third-order valence-corrected chi connectivity index (χ3v) is 3.70. The molecule has 0 radical (unpaired) electrons. The number of H-pyrrole nitrogens is 1. The van der Waals surface area contributed by atoms with Crippen LogP contribution >= 0.6 is 0 Å². The second-order valence-electron chi connectivity index (χ2n) is 5.69. The van der Waals surface area contributed by atoms with Crippen LogP contribution in [0.25, 0.3) is 11.4 Å². The number of amides is 1. The Balaban J connectivity index is 2.04. The van der Waals surface area contributed by atoms with Crippen LogP contribution in [-0.4, -0.2) is 27.1 Å². The highest BCUT2D eigenvalue weighted by Gasteiger charge is 2.10. The number of nitrogens with zero attached hydrogens (tertiary/aromatic N) is 2. The van der Waals surface area contributed by atoms with Crippen molar-refractivity contribution in [3.63, 3.8) is 0 Å². The Hall–Kier alpha value is -2.50. The standard InChI is InChI=1S/C17H22N4O2/c1-4-12(3)18-15(22)10-9-14-17(23)19-16(21-20-14)13-7-5-11(2)6-8-13/h5-8,12H,4,9-10H2,1-3H3,(H,18,22)(H,19,21,23)/t12-/m0/s1. The lowest BCUT2D eigenvalue weighted by molar-refractivity contribution is -0.121. The van der Waals surface area contributed by atoms with E-state index in [9.17, 15) is 9.59 Å². The van der Waals surface area contributed by atoms with E-state index in [0.29, 0.717) is 5.82 Å². The molecule has 6 nitrogen and oxygen atoms in total. The molecule has 0 saturated carbocycles. The van der Waals surface area contributed by atoms with E-state index in [2.05, 4.69) is 20.5 Å². The normalized spacial score (nSPS) is 12.0. The van der Waals surface area contributed by atoms with Gasteiger partial charge in [-0.05, 0) is 20.3 Å². The van der Waals surface area contributed by atoms with Crippen molar-refractivity contribution in [3.05, 3.63) is 45.9 Å². The van der Waals surface area contributed by atoms with Gasteiger partial charge < -0.3 is 10.3 Å². The van der Waals surface area contributed by atoms with Gasteiger partial charge in [0.2, 0.25) is 5.91 Å². The summed E-state index contributed by atoms with van der Waals surface area (Å²) < 4.78 is 0. The molecule has 0 saturated heterocycles. The van der Waals surface area contributed by atoms with Crippen molar-refractivity contribution >= 4 is 5.91 Å². The van der Waals surface area contributed by atoms with Crippen LogP contribution < -0.4 is 10.9 Å². The smallest absolute Gasteiger partial charge is 0.273 e. The highest BCUT2D eigenvalue weighted by Crippen LogP contribution is 2.13. The lowest BCUT2D eigenvalue weighted by Crippen LogP contribution is -2.32. The van der Waals surface area contributed by atoms with Crippen LogP contribution in [0.5, 0.6) is 0 Å². The second-order valence-corrected chi connectivity index (χ2v) is 5.69. The number of carbonyl (C=O) groups is 1. The van der Waals surface area contributed by atoms with Gasteiger partial charge in [0.05, 0.1) is 0 Å². The van der Waals surface area contributed by atoms with Crippen LogP contribution in [-0.2, 0) is 11.2 Å². The second kappa shape index (κ2) is 7.67. The number of nitrogens with one attached hydrogen (secondary N) is 2. The van der Waals surface area contributed by atoms with Crippen molar-refractivity contribution in [1.82, 2.24) is 20.5 Å². The Morgan fingerprint density at radius 2 is 1.96 bits per heavy atom. The van der Waals surface area contributed by atoms with Gasteiger partial charge in [0.15, 0.2) is 5.82 Å². The summed E-state index contributed by atoms with van der Waals surface area (Å²) in [6, 6.07) is 7.80. The summed E-state index contributed by atoms with van der Waals surface area (Å²) in [5, 5.41) is 10.9. The Morgan fingerprint density at radius 1 is 1.26 bits per heavy atom. The molecule has 1 aromatic heterocycles. The van der Waals surface area contributed by atoms with E-state index in [4.69, 9.17) is 0 Å². The number of rotatable bonds is 6. The minimum Gasteiger partial charge on any atom is -0.354 e. The van der Waals surface area contributed by atoms with Crippen LogP contribution in [0.1, 0.15) is 37.9 Å². The number of aromatic nitrogens is 3. The number of benzene rings is 1. The molecule has 2 N–H and O–H groups in total. The third-order valence-electron chi connectivity index (χ3n) is 3.70. The maximum Gasteiger partial charge on any atom is 0.273 e. The van der Waals surface area contributed by atoms with Crippen molar-refractivity contribution in [2.24, 2.45) is 0 Å². The lowest BCUT2D eigenvalue weighted by atomic mass is 10.1. The molecular weight excluding hydrogens is 292 g/mol. The first-order valence-electron chi connectivity index (χ1n) is 7.82. The minimum absolute atomic E-state index is 0.0804. The lowest BCUT2D eigenvalue weighted by Gasteiger charge is -2.10. The molecule has 1 amide bonds. The summed E-state index contributed by atoms with van der Waals surface area (Å²) in [5.41, 5.74) is 1.92. The number of carbonyl (C=O) groups excluding carboxylic acids is 1. The molecule has 6 heteroatoms. The average molecular weight is 314 g/mol. The molecule has 0 unspecified atom stereocenters. The highest BCUT2D eigenvalue weighted by atomic mass is 16.1. The fourth-order valence-corrected chi connectivity index (χ4v) is 2.05. The first-order valence-corrected chi connectivity index (χ1v) is 7.82. The van der Waals surface area contributed by atoms with Gasteiger partial charge in [-0.3, -0.25) is 9.59 Å². The molecular formula is C17H22N4O2. The fourth-order valence-electron chi connectivity index (χ4n) is 2.05. The molecule has 0 aliphatic rings. The summed E-state index contributed by atoms with van der Waals surface area (Å²) in [7, 11) is 0. The van der Waals surface area contributed by atoms with E-state index < -0.39 is 0 Å². The molecule has 122 valence electrons. The molecule has 1 aromatic carbocycles. The zero-order valence-corrected chi connectivity index (χ0v) is 13.7. The van der Waals surface area contributed by atoms with Crippen LogP contribution in [0.15, 0.2) is 29.1 Å². The summed E-state index contributed by atoms with van der Waals surface area (Å²) in [6.07, 6.45) is 1.38. The molecule has 0 fully saturated rings. The van der Waals surface area contributed by atoms with Gasteiger partial charge in [0, 0.05) is 24.4 Å². The predicted octanol–water partition coefficient (Wildman–Crippen LogP) is 1.99. The Kier molecular flexibility index (Phi) is 5.62. The van der Waals surface area contributed by atoms with Gasteiger partial charge in [-0.15, -0.1) is 10.2 Å². The summed E-state index contributed by atoms with van der Waals surface area (Å²) >= 11 is 0. The number of aromatic amines is 1. The Labute approximate surface area is 135 Å². The van der Waals surface area contributed by atoms with E-state index in [1.807, 2.05) is 45.0 Å². The maximum absolute atomic E-state index is 12.1. The van der Waals surface area contributed by atoms with Crippen LogP contribution in [0.3, 0.4) is 0 Å². The summed E-state index contributed by atoms with van der Waals surface area (Å²) in [6.45, 7) is 5.94. The third kappa shape index (κ3) is 4.74. The van der Waals surface area contributed by atoms with Crippen molar-refractivity contribution in [1.29, 1.82) is 0 Å². The molecule has 0 aliphatic heterocycles. The summed E-state index contributed by atoms with van der Waals surface area (Å²) in [4.78, 5) is 26.6. The molecule has 0 aliphatic carbocycles. The van der Waals surface area contributed by atoms with Crippen molar-refractivity contribution < 1.29 is 4.79 Å². The van der Waals surface area contributed by atoms with Crippen molar-refractivity contribution in [3.8, 4) is 11.4 Å². The number of hydrogen-bond donors (Lipinski definition) is 2. The fraction of sp³-hybridized carbons (Fsp3) is 0.412. The molecule has 1 atom stereocenters. The number of aryl methyl sites for hydroxylation is 2. The monoisotopic (exact) mass is 314 g/mol. The quantitative estimate of drug-likeness (QED) is 0.853. The average Bonchev–Trinajstić information content (AvgIpc) is 2.54. The Bertz CT molecular complexity index is 722. The van der Waals surface area contributed by atoms with Gasteiger partial charge in [-0.25, -0.2) is 0 Å². The Morgan fingerprint density at radius 3 is 2.57 bits per heavy atom. The first-order chi connectivity index (χ1) is 11.0. The molecule has 23 heavy (non-hydrogen) atoms. The number of hydrogen-bond acceptors (Lipinski definition) is 4. The van der Waals surface area contributed by atoms with Gasteiger partial charge in [-0.1, -0.05) is 36.8 Å². The van der Waals surface area contributed by atoms with Crippen molar-refractivity contribution in [2.45, 2.75) is 46.1 Å². The molecule has 1 heterocycles. The van der Waals surface area contributed by atoms with Gasteiger partial charge in [-0.2, -0.15) is 0 Å². The van der Waals surface area contributed by atoms with Gasteiger partial charge in [0.1, 0.15) is 5.69 Å². The van der Waals surface area contributed by atoms with E-state index >= 15 is 0 Å². The van der Waals surface area contributed by atoms with Crippen LogP contribution in [0, 0.1) is 6.92 Å². The molecule has 2 aromatic rings. The van der Waals surface area contributed by atoms with E-state index in [1.165, 1.54) is 0 Å². The maximum atomic E-state index is 12.1. The first kappa shape index (κ1) is 16.9. The molecule has 2 rings (SSSR count). The van der Waals surface area contributed by atoms with Crippen LogP contribution in [0.2, 0.25) is 0 Å². The van der Waals surface area contributed by atoms with Crippen LogP contribution in [0.4, 0.5) is 0 Å². The van der Waals surface area contributed by atoms with E-state index in [-0.39, 0.29) is 36.0 Å². The zero-order chi connectivity index (χ0) is 16.8. The topological polar surface area (TPSA) is 87.7 Å². The molecule has 0 spiro atoms. The van der Waals surface area contributed by atoms with Gasteiger partial charge >= 0.3 is 0 Å². The minimum atomic E-state index is -0.299. The van der Waals surface area contributed by atoms with Gasteiger partial charge in [0.25, 0.3) is 5.56 Å². The largest absolute Gasteiger partial charge is 0.354 e.